The molecule has 3 rings (SSSR count). The van der Waals surface area contributed by atoms with E-state index in [1.807, 2.05) is 38.1 Å². The molecule has 1 aliphatic rings. The summed E-state index contributed by atoms with van der Waals surface area (Å²) in [6.45, 7) is 7.09. The Morgan fingerprint density at radius 2 is 1.48 bits per heavy atom. The first-order valence-electron chi connectivity index (χ1n) is 11.0. The quantitative estimate of drug-likeness (QED) is 0.624. The summed E-state index contributed by atoms with van der Waals surface area (Å²) in [5.74, 6) is -1.40. The Morgan fingerprint density at radius 1 is 0.970 bits per heavy atom. The molecular formula is C26H32N2O5. The highest BCUT2D eigenvalue weighted by Gasteiger charge is 2.37. The zero-order valence-electron chi connectivity index (χ0n) is 19.8. The number of carbonyl (C=O) groups is 3. The van der Waals surface area contributed by atoms with Gasteiger partial charge in [-0.05, 0) is 41.5 Å². The summed E-state index contributed by atoms with van der Waals surface area (Å²) < 4.78 is 5.55. The highest BCUT2D eigenvalue weighted by Crippen LogP contribution is 2.44. The van der Waals surface area contributed by atoms with E-state index in [0.29, 0.717) is 0 Å². The third-order valence-electron chi connectivity index (χ3n) is 6.42. The monoisotopic (exact) mass is 452 g/mol. The van der Waals surface area contributed by atoms with Gasteiger partial charge in [0.15, 0.2) is 0 Å². The number of nitrogens with zero attached hydrogens (tertiary/aromatic N) is 1. The van der Waals surface area contributed by atoms with Crippen LogP contribution in [0.3, 0.4) is 0 Å². The van der Waals surface area contributed by atoms with Crippen molar-refractivity contribution in [1.29, 1.82) is 0 Å². The van der Waals surface area contributed by atoms with Gasteiger partial charge in [0, 0.05) is 25.9 Å². The fourth-order valence-electron chi connectivity index (χ4n) is 4.01. The lowest BCUT2D eigenvalue weighted by molar-refractivity contribution is -0.156. The summed E-state index contributed by atoms with van der Waals surface area (Å²) in [6.07, 6.45) is -0.458. The zero-order valence-corrected chi connectivity index (χ0v) is 19.8. The van der Waals surface area contributed by atoms with Gasteiger partial charge in [-0.15, -0.1) is 0 Å². The Labute approximate surface area is 194 Å². The van der Waals surface area contributed by atoms with Crippen LogP contribution in [0.4, 0.5) is 4.79 Å². The van der Waals surface area contributed by atoms with Crippen LogP contribution in [0.15, 0.2) is 48.5 Å². The third kappa shape index (κ3) is 5.18. The van der Waals surface area contributed by atoms with Gasteiger partial charge in [-0.1, -0.05) is 62.4 Å². The molecule has 0 atom stereocenters. The van der Waals surface area contributed by atoms with E-state index in [1.54, 1.807) is 0 Å². The number of likely N-dealkylation sites (N-methyl/N-ethyl adjacent to an activating group) is 1. The molecule has 0 saturated heterocycles. The molecule has 0 aliphatic heterocycles. The number of fused-ring (bicyclic) bond motifs is 3. The van der Waals surface area contributed by atoms with Crippen molar-refractivity contribution in [3.63, 3.8) is 0 Å². The van der Waals surface area contributed by atoms with Crippen LogP contribution in [-0.4, -0.2) is 53.7 Å². The second-order valence-corrected chi connectivity index (χ2v) is 9.84. The van der Waals surface area contributed by atoms with E-state index in [9.17, 15) is 19.5 Å². The molecular weight excluding hydrogens is 420 g/mol. The molecule has 0 heterocycles. The smallest absolute Gasteiger partial charge is 0.407 e. The molecule has 7 nitrogen and oxygen atoms in total. The Hall–Kier alpha value is -3.35. The lowest BCUT2D eigenvalue weighted by Gasteiger charge is -2.34. The standard InChI is InChI=1S/C26H32N2O5/c1-25(2,14-22(29)28(5)26(3,4)23(30)31)16-27-24(32)33-15-21-19-12-8-6-10-17(19)18-11-7-9-13-20(18)21/h6-13,21H,14-16H2,1-5H3,(H,27,32)(H,30,31). The summed E-state index contributed by atoms with van der Waals surface area (Å²) in [6, 6.07) is 16.3. The summed E-state index contributed by atoms with van der Waals surface area (Å²) >= 11 is 0. The van der Waals surface area contributed by atoms with Crippen molar-refractivity contribution in [2.24, 2.45) is 5.41 Å². The Bertz CT molecular complexity index is 1010. The lowest BCUT2D eigenvalue weighted by atomic mass is 9.88. The molecule has 33 heavy (non-hydrogen) atoms. The summed E-state index contributed by atoms with van der Waals surface area (Å²) in [5, 5.41) is 12.1. The van der Waals surface area contributed by atoms with Crippen molar-refractivity contribution >= 4 is 18.0 Å². The second kappa shape index (κ2) is 9.25. The number of aliphatic carboxylic acids is 1. The first-order valence-corrected chi connectivity index (χ1v) is 11.0. The number of nitrogens with one attached hydrogen (secondary N) is 1. The van der Waals surface area contributed by atoms with E-state index in [0.717, 1.165) is 22.3 Å². The highest BCUT2D eigenvalue weighted by molar-refractivity contribution is 5.86. The topological polar surface area (TPSA) is 95.9 Å². The largest absolute Gasteiger partial charge is 0.480 e. The van der Waals surface area contributed by atoms with Crippen molar-refractivity contribution in [2.45, 2.75) is 45.6 Å². The predicted octanol–water partition coefficient (Wildman–Crippen LogP) is 4.26. The predicted molar refractivity (Wildman–Crippen MR) is 126 cm³/mol. The van der Waals surface area contributed by atoms with E-state index in [1.165, 1.54) is 25.8 Å². The van der Waals surface area contributed by atoms with Gasteiger partial charge in [0.05, 0.1) is 0 Å². The number of carboxylic acids is 1. The number of hydrogen-bond donors (Lipinski definition) is 2. The maximum atomic E-state index is 12.6. The van der Waals surface area contributed by atoms with Crippen molar-refractivity contribution < 1.29 is 24.2 Å². The van der Waals surface area contributed by atoms with Gasteiger partial charge < -0.3 is 20.1 Å². The van der Waals surface area contributed by atoms with Crippen LogP contribution in [0, 0.1) is 5.41 Å². The number of alkyl carbamates (subject to hydrolysis) is 1. The molecule has 1 aliphatic carbocycles. The molecule has 2 N–H and O–H groups in total. The Kier molecular flexibility index (Phi) is 6.81. The first kappa shape index (κ1) is 24.3. The zero-order chi connectivity index (χ0) is 24.4. The molecule has 0 radical (unpaired) electrons. The van der Waals surface area contributed by atoms with E-state index < -0.39 is 23.0 Å². The van der Waals surface area contributed by atoms with Gasteiger partial charge in [0.2, 0.25) is 5.91 Å². The van der Waals surface area contributed by atoms with Gasteiger partial charge in [-0.2, -0.15) is 0 Å². The molecule has 176 valence electrons. The van der Waals surface area contributed by atoms with Gasteiger partial charge in [-0.3, -0.25) is 4.79 Å². The molecule has 0 aromatic heterocycles. The maximum absolute atomic E-state index is 12.6. The fraction of sp³-hybridized carbons (Fsp3) is 0.423. The summed E-state index contributed by atoms with van der Waals surface area (Å²) in [5.41, 5.74) is 2.71. The van der Waals surface area contributed by atoms with E-state index in [4.69, 9.17) is 4.74 Å². The van der Waals surface area contributed by atoms with Crippen LogP contribution < -0.4 is 5.32 Å². The van der Waals surface area contributed by atoms with Gasteiger partial charge in [-0.25, -0.2) is 9.59 Å². The average molecular weight is 453 g/mol. The summed E-state index contributed by atoms with van der Waals surface area (Å²) in [4.78, 5) is 37.7. The minimum Gasteiger partial charge on any atom is -0.480 e. The summed E-state index contributed by atoms with van der Waals surface area (Å²) in [7, 11) is 1.48. The maximum Gasteiger partial charge on any atom is 0.407 e. The van der Waals surface area contributed by atoms with Gasteiger partial charge in [0.1, 0.15) is 12.1 Å². The highest BCUT2D eigenvalue weighted by atomic mass is 16.5. The molecule has 0 spiro atoms. The van der Waals surface area contributed by atoms with E-state index in [-0.39, 0.29) is 31.4 Å². The lowest BCUT2D eigenvalue weighted by Crippen LogP contribution is -2.52. The van der Waals surface area contributed by atoms with Crippen LogP contribution in [-0.2, 0) is 14.3 Å². The number of carbonyl (C=O) groups excluding carboxylic acids is 2. The number of amides is 2. The minimum absolute atomic E-state index is 0.0235. The molecule has 0 unspecified atom stereocenters. The normalized spacial score (nSPS) is 13.1. The number of carboxylic acid groups (broad SMARTS) is 1. The Balaban J connectivity index is 1.55. The van der Waals surface area contributed by atoms with Crippen molar-refractivity contribution in [2.75, 3.05) is 20.2 Å². The van der Waals surface area contributed by atoms with E-state index in [2.05, 4.69) is 29.6 Å². The van der Waals surface area contributed by atoms with Crippen LogP contribution in [0.1, 0.15) is 51.2 Å². The molecule has 7 heteroatoms. The number of hydrogen-bond acceptors (Lipinski definition) is 4. The number of ether oxygens (including phenoxy) is 1. The van der Waals surface area contributed by atoms with Crippen LogP contribution >= 0.6 is 0 Å². The average Bonchev–Trinajstić information content (AvgIpc) is 3.09. The van der Waals surface area contributed by atoms with Crippen molar-refractivity contribution in [3.05, 3.63) is 59.7 Å². The van der Waals surface area contributed by atoms with Crippen LogP contribution in [0.2, 0.25) is 0 Å². The number of rotatable bonds is 8. The molecule has 2 aromatic carbocycles. The SMILES string of the molecule is CN(C(=O)CC(C)(C)CNC(=O)OCC1c2ccccc2-c2ccccc21)C(C)(C)C(=O)O. The van der Waals surface area contributed by atoms with Gasteiger partial charge >= 0.3 is 12.1 Å². The number of benzene rings is 2. The van der Waals surface area contributed by atoms with Crippen molar-refractivity contribution in [1.82, 2.24) is 10.2 Å². The van der Waals surface area contributed by atoms with Crippen molar-refractivity contribution in [3.8, 4) is 11.1 Å². The minimum atomic E-state index is -1.31. The second-order valence-electron chi connectivity index (χ2n) is 9.84. The van der Waals surface area contributed by atoms with Crippen LogP contribution in [0.25, 0.3) is 11.1 Å². The third-order valence-corrected chi connectivity index (χ3v) is 6.42. The molecule has 0 fully saturated rings. The Morgan fingerprint density at radius 3 is 2.00 bits per heavy atom. The fourth-order valence-corrected chi connectivity index (χ4v) is 4.01. The van der Waals surface area contributed by atoms with Crippen LogP contribution in [0.5, 0.6) is 0 Å². The molecule has 2 aromatic rings. The van der Waals surface area contributed by atoms with Gasteiger partial charge in [0.25, 0.3) is 0 Å². The van der Waals surface area contributed by atoms with E-state index >= 15 is 0 Å². The molecule has 2 amide bonds. The first-order chi connectivity index (χ1) is 15.4. The molecule has 0 saturated carbocycles. The molecule has 0 bridgehead atoms.